The molecule has 2 aromatic rings. The van der Waals surface area contributed by atoms with Crippen LogP contribution >= 0.6 is 0 Å². The van der Waals surface area contributed by atoms with Crippen molar-refractivity contribution >= 4 is 0 Å². The Hall–Kier alpha value is -1.81. The molecule has 1 aromatic carbocycles. The van der Waals surface area contributed by atoms with Crippen molar-refractivity contribution in [2.24, 2.45) is 0 Å². The van der Waals surface area contributed by atoms with Crippen molar-refractivity contribution in [3.05, 3.63) is 42.4 Å². The van der Waals surface area contributed by atoms with Crippen LogP contribution in [0.1, 0.15) is 5.82 Å². The Morgan fingerprint density at radius 3 is 2.59 bits per heavy atom. The lowest BCUT2D eigenvalue weighted by Crippen LogP contribution is -2.16. The van der Waals surface area contributed by atoms with E-state index in [0.717, 1.165) is 30.0 Å². The van der Waals surface area contributed by atoms with Crippen LogP contribution < -0.4 is 0 Å². The average Bonchev–Trinajstić information content (AvgIpc) is 2.38. The van der Waals surface area contributed by atoms with E-state index in [4.69, 9.17) is 0 Å². The van der Waals surface area contributed by atoms with Gasteiger partial charge in [-0.1, -0.05) is 30.3 Å². The average molecular weight is 228 g/mol. The number of likely N-dealkylation sites (N-methyl/N-ethyl adjacent to an activating group) is 1. The Balaban J connectivity index is 2.17. The Kier molecular flexibility index (Phi) is 3.77. The standard InChI is InChI=1S/C13H16N4/c1-17(2)9-8-13-15-12(10-14-16-13)11-6-4-3-5-7-11/h3-7,10H,8-9H2,1-2H3. The first-order valence-electron chi connectivity index (χ1n) is 5.64. The van der Waals surface area contributed by atoms with Gasteiger partial charge in [0, 0.05) is 18.5 Å². The minimum absolute atomic E-state index is 0.792. The molecule has 1 aromatic heterocycles. The summed E-state index contributed by atoms with van der Waals surface area (Å²) in [7, 11) is 4.07. The number of rotatable bonds is 4. The Labute approximate surface area is 101 Å². The fraction of sp³-hybridized carbons (Fsp3) is 0.308. The molecule has 0 unspecified atom stereocenters. The molecule has 4 heteroatoms. The van der Waals surface area contributed by atoms with Gasteiger partial charge in [0.1, 0.15) is 0 Å². The summed E-state index contributed by atoms with van der Waals surface area (Å²) in [6.07, 6.45) is 2.52. The van der Waals surface area contributed by atoms with Crippen LogP contribution in [-0.4, -0.2) is 40.7 Å². The van der Waals surface area contributed by atoms with Crippen LogP contribution in [0, 0.1) is 0 Å². The van der Waals surface area contributed by atoms with E-state index in [1.807, 2.05) is 44.4 Å². The topological polar surface area (TPSA) is 41.9 Å². The number of aromatic nitrogens is 3. The van der Waals surface area contributed by atoms with E-state index in [9.17, 15) is 0 Å². The number of nitrogens with zero attached hydrogens (tertiary/aromatic N) is 4. The van der Waals surface area contributed by atoms with Crippen LogP contribution in [0.2, 0.25) is 0 Å². The second-order valence-electron chi connectivity index (χ2n) is 4.18. The number of hydrogen-bond acceptors (Lipinski definition) is 4. The first-order chi connectivity index (χ1) is 8.25. The summed E-state index contributed by atoms with van der Waals surface area (Å²) < 4.78 is 0. The molecule has 0 amide bonds. The van der Waals surface area contributed by atoms with E-state index >= 15 is 0 Å². The summed E-state index contributed by atoms with van der Waals surface area (Å²) in [5.41, 5.74) is 1.96. The van der Waals surface area contributed by atoms with Gasteiger partial charge < -0.3 is 4.90 Å². The van der Waals surface area contributed by atoms with Crippen molar-refractivity contribution in [3.8, 4) is 11.3 Å². The molecule has 0 saturated carbocycles. The van der Waals surface area contributed by atoms with Gasteiger partial charge >= 0.3 is 0 Å². The van der Waals surface area contributed by atoms with Gasteiger partial charge in [-0.05, 0) is 14.1 Å². The Morgan fingerprint density at radius 2 is 1.88 bits per heavy atom. The highest BCUT2D eigenvalue weighted by atomic mass is 15.1. The molecule has 17 heavy (non-hydrogen) atoms. The van der Waals surface area contributed by atoms with Crippen molar-refractivity contribution < 1.29 is 0 Å². The SMILES string of the molecule is CN(C)CCc1nncc(-c2ccccc2)n1. The van der Waals surface area contributed by atoms with E-state index in [0.29, 0.717) is 0 Å². The fourth-order valence-electron chi connectivity index (χ4n) is 1.52. The molecule has 0 radical (unpaired) electrons. The third kappa shape index (κ3) is 3.32. The van der Waals surface area contributed by atoms with E-state index in [2.05, 4.69) is 20.1 Å². The summed E-state index contributed by atoms with van der Waals surface area (Å²) in [6, 6.07) is 10.0. The highest BCUT2D eigenvalue weighted by Gasteiger charge is 2.03. The van der Waals surface area contributed by atoms with E-state index in [1.54, 1.807) is 6.20 Å². The second kappa shape index (κ2) is 5.50. The number of benzene rings is 1. The summed E-state index contributed by atoms with van der Waals surface area (Å²) in [5, 5.41) is 8.06. The molecule has 0 spiro atoms. The molecule has 0 fully saturated rings. The molecule has 0 aliphatic carbocycles. The molecular formula is C13H16N4. The zero-order chi connectivity index (χ0) is 12.1. The van der Waals surface area contributed by atoms with E-state index < -0.39 is 0 Å². The van der Waals surface area contributed by atoms with Crippen LogP contribution in [-0.2, 0) is 6.42 Å². The lowest BCUT2D eigenvalue weighted by Gasteiger charge is -2.08. The molecule has 0 aliphatic rings. The Morgan fingerprint density at radius 1 is 1.12 bits per heavy atom. The molecule has 0 aliphatic heterocycles. The third-order valence-electron chi connectivity index (χ3n) is 2.45. The summed E-state index contributed by atoms with van der Waals surface area (Å²) >= 11 is 0. The van der Waals surface area contributed by atoms with E-state index in [1.165, 1.54) is 0 Å². The van der Waals surface area contributed by atoms with Gasteiger partial charge in [0.25, 0.3) is 0 Å². The zero-order valence-corrected chi connectivity index (χ0v) is 10.2. The van der Waals surface area contributed by atoms with Crippen molar-refractivity contribution in [1.82, 2.24) is 20.1 Å². The molecule has 0 atom stereocenters. The van der Waals surface area contributed by atoms with Gasteiger partial charge in [-0.15, -0.1) is 5.10 Å². The van der Waals surface area contributed by atoms with Crippen molar-refractivity contribution in [3.63, 3.8) is 0 Å². The van der Waals surface area contributed by atoms with Gasteiger partial charge in [-0.2, -0.15) is 5.10 Å². The monoisotopic (exact) mass is 228 g/mol. The summed E-state index contributed by atoms with van der Waals surface area (Å²) in [4.78, 5) is 6.62. The summed E-state index contributed by atoms with van der Waals surface area (Å²) in [5.74, 6) is 0.792. The maximum absolute atomic E-state index is 4.51. The normalized spacial score (nSPS) is 10.8. The van der Waals surface area contributed by atoms with Crippen molar-refractivity contribution in [1.29, 1.82) is 0 Å². The maximum Gasteiger partial charge on any atom is 0.152 e. The first-order valence-corrected chi connectivity index (χ1v) is 5.64. The highest BCUT2D eigenvalue weighted by molar-refractivity contribution is 5.57. The molecule has 2 rings (SSSR count). The third-order valence-corrected chi connectivity index (χ3v) is 2.45. The lowest BCUT2D eigenvalue weighted by atomic mass is 10.2. The largest absolute Gasteiger partial charge is 0.309 e. The van der Waals surface area contributed by atoms with Crippen LogP contribution in [0.5, 0.6) is 0 Å². The minimum atomic E-state index is 0.792. The molecular weight excluding hydrogens is 212 g/mol. The van der Waals surface area contributed by atoms with Gasteiger partial charge in [-0.25, -0.2) is 4.98 Å². The smallest absolute Gasteiger partial charge is 0.152 e. The molecule has 88 valence electrons. The predicted molar refractivity (Wildman–Crippen MR) is 67.5 cm³/mol. The van der Waals surface area contributed by atoms with Crippen molar-refractivity contribution in [2.75, 3.05) is 20.6 Å². The molecule has 0 bridgehead atoms. The van der Waals surface area contributed by atoms with Gasteiger partial charge in [0.15, 0.2) is 5.82 Å². The Bertz CT molecular complexity index is 468. The molecule has 4 nitrogen and oxygen atoms in total. The molecule has 0 N–H and O–H groups in total. The minimum Gasteiger partial charge on any atom is -0.309 e. The zero-order valence-electron chi connectivity index (χ0n) is 10.2. The van der Waals surface area contributed by atoms with Crippen molar-refractivity contribution in [2.45, 2.75) is 6.42 Å². The number of hydrogen-bond donors (Lipinski definition) is 0. The van der Waals surface area contributed by atoms with Gasteiger partial charge in [0.05, 0.1) is 11.9 Å². The predicted octanol–water partition coefficient (Wildman–Crippen LogP) is 1.64. The van der Waals surface area contributed by atoms with Gasteiger partial charge in [0.2, 0.25) is 0 Å². The van der Waals surface area contributed by atoms with Crippen LogP contribution in [0.15, 0.2) is 36.5 Å². The maximum atomic E-state index is 4.51. The fourth-order valence-corrected chi connectivity index (χ4v) is 1.52. The molecule has 1 heterocycles. The van der Waals surface area contributed by atoms with Crippen LogP contribution in [0.4, 0.5) is 0 Å². The summed E-state index contributed by atoms with van der Waals surface area (Å²) in [6.45, 7) is 0.930. The van der Waals surface area contributed by atoms with Crippen LogP contribution in [0.25, 0.3) is 11.3 Å². The highest BCUT2D eigenvalue weighted by Crippen LogP contribution is 2.14. The first kappa shape index (κ1) is 11.7. The van der Waals surface area contributed by atoms with Gasteiger partial charge in [-0.3, -0.25) is 0 Å². The molecule has 0 saturated heterocycles. The quantitative estimate of drug-likeness (QED) is 0.798. The lowest BCUT2D eigenvalue weighted by molar-refractivity contribution is 0.408. The second-order valence-corrected chi connectivity index (χ2v) is 4.18. The van der Waals surface area contributed by atoms with Crippen LogP contribution in [0.3, 0.4) is 0 Å². The van der Waals surface area contributed by atoms with E-state index in [-0.39, 0.29) is 0 Å².